The van der Waals surface area contributed by atoms with E-state index in [0.29, 0.717) is 12.1 Å². The van der Waals surface area contributed by atoms with E-state index in [0.717, 1.165) is 18.5 Å². The molecule has 0 aliphatic heterocycles. The second-order valence-corrected chi connectivity index (χ2v) is 5.14. The van der Waals surface area contributed by atoms with Gasteiger partial charge in [0.2, 0.25) is 0 Å². The zero-order valence-electron chi connectivity index (χ0n) is 10.9. The Bertz CT molecular complexity index is 501. The summed E-state index contributed by atoms with van der Waals surface area (Å²) in [6, 6.07) is 11.3. The van der Waals surface area contributed by atoms with Gasteiger partial charge >= 0.3 is 0 Å². The molecule has 1 aliphatic carbocycles. The van der Waals surface area contributed by atoms with E-state index in [9.17, 15) is 0 Å². The molecule has 2 aromatic rings. The monoisotopic (exact) mass is 277 g/mol. The number of rotatable bonds is 2. The lowest BCUT2D eigenvalue weighted by molar-refractivity contribution is 0.323. The van der Waals surface area contributed by atoms with Crippen molar-refractivity contribution >= 4 is 12.4 Å². The van der Waals surface area contributed by atoms with Gasteiger partial charge in [0.15, 0.2) is 0 Å². The molecule has 3 nitrogen and oxygen atoms in total. The van der Waals surface area contributed by atoms with Gasteiger partial charge in [-0.25, -0.2) is 4.98 Å². The molecule has 0 saturated heterocycles. The van der Waals surface area contributed by atoms with E-state index in [1.165, 1.54) is 18.4 Å². The standard InChI is InChI=1S/C15H19N3.ClH/c16-13-6-8-14(9-7-13)18-10-15(17-11-18)12-4-2-1-3-5-12;/h1-5,10-11,13-14H,6-9,16H2;1H/t13-,14+;. The number of imidazole rings is 1. The van der Waals surface area contributed by atoms with Crippen LogP contribution >= 0.6 is 12.4 Å². The molecule has 1 fully saturated rings. The Morgan fingerprint density at radius 1 is 1.05 bits per heavy atom. The first kappa shape index (κ1) is 14.1. The summed E-state index contributed by atoms with van der Waals surface area (Å²) in [6.07, 6.45) is 8.73. The molecule has 1 aromatic heterocycles. The minimum Gasteiger partial charge on any atom is -0.334 e. The van der Waals surface area contributed by atoms with E-state index >= 15 is 0 Å². The van der Waals surface area contributed by atoms with Gasteiger partial charge in [0.1, 0.15) is 0 Å². The highest BCUT2D eigenvalue weighted by Gasteiger charge is 2.19. The summed E-state index contributed by atoms with van der Waals surface area (Å²) in [6.45, 7) is 0. The first-order valence-electron chi connectivity index (χ1n) is 6.67. The van der Waals surface area contributed by atoms with Gasteiger partial charge in [0, 0.05) is 23.8 Å². The van der Waals surface area contributed by atoms with Crippen LogP contribution in [0.5, 0.6) is 0 Å². The lowest BCUT2D eigenvalue weighted by Crippen LogP contribution is -2.27. The van der Waals surface area contributed by atoms with Crippen LogP contribution in [0, 0.1) is 0 Å². The van der Waals surface area contributed by atoms with Crippen LogP contribution in [-0.4, -0.2) is 15.6 Å². The molecule has 1 aliphatic rings. The molecule has 102 valence electrons. The van der Waals surface area contributed by atoms with Gasteiger partial charge in [-0.1, -0.05) is 30.3 Å². The first-order chi connectivity index (χ1) is 8.83. The number of nitrogens with zero attached hydrogens (tertiary/aromatic N) is 2. The highest BCUT2D eigenvalue weighted by atomic mass is 35.5. The molecular weight excluding hydrogens is 258 g/mol. The Labute approximate surface area is 120 Å². The quantitative estimate of drug-likeness (QED) is 0.914. The maximum Gasteiger partial charge on any atom is 0.0956 e. The van der Waals surface area contributed by atoms with Gasteiger partial charge in [-0.15, -0.1) is 12.4 Å². The predicted octanol–water partition coefficient (Wildman–Crippen LogP) is 3.41. The molecule has 2 N–H and O–H groups in total. The summed E-state index contributed by atoms with van der Waals surface area (Å²) in [5.74, 6) is 0. The van der Waals surface area contributed by atoms with E-state index in [-0.39, 0.29) is 12.4 Å². The third-order valence-electron chi connectivity index (χ3n) is 3.83. The number of benzene rings is 1. The molecule has 0 radical (unpaired) electrons. The molecule has 0 amide bonds. The fourth-order valence-electron chi connectivity index (χ4n) is 2.69. The van der Waals surface area contributed by atoms with Crippen LogP contribution < -0.4 is 5.73 Å². The Hall–Kier alpha value is -1.32. The van der Waals surface area contributed by atoms with E-state index in [4.69, 9.17) is 5.73 Å². The van der Waals surface area contributed by atoms with Gasteiger partial charge < -0.3 is 10.3 Å². The summed E-state index contributed by atoms with van der Waals surface area (Å²) in [5.41, 5.74) is 8.19. The van der Waals surface area contributed by atoms with Crippen molar-refractivity contribution in [1.82, 2.24) is 9.55 Å². The van der Waals surface area contributed by atoms with Crippen molar-refractivity contribution in [2.75, 3.05) is 0 Å². The molecule has 0 atom stereocenters. The minimum absolute atomic E-state index is 0. The fraction of sp³-hybridized carbons (Fsp3) is 0.400. The molecule has 0 unspecified atom stereocenters. The van der Waals surface area contributed by atoms with Crippen LogP contribution in [0.25, 0.3) is 11.3 Å². The fourth-order valence-corrected chi connectivity index (χ4v) is 2.69. The zero-order chi connectivity index (χ0) is 12.4. The summed E-state index contributed by atoms with van der Waals surface area (Å²) >= 11 is 0. The van der Waals surface area contributed by atoms with Crippen LogP contribution in [0.15, 0.2) is 42.9 Å². The number of aromatic nitrogens is 2. The topological polar surface area (TPSA) is 43.8 Å². The van der Waals surface area contributed by atoms with Crippen molar-refractivity contribution < 1.29 is 0 Å². The van der Waals surface area contributed by atoms with Crippen LogP contribution in [-0.2, 0) is 0 Å². The molecule has 0 bridgehead atoms. The molecule has 1 aromatic carbocycles. The molecule has 3 rings (SSSR count). The van der Waals surface area contributed by atoms with Crippen molar-refractivity contribution in [3.8, 4) is 11.3 Å². The van der Waals surface area contributed by atoms with E-state index in [2.05, 4.69) is 27.9 Å². The summed E-state index contributed by atoms with van der Waals surface area (Å²) in [4.78, 5) is 4.51. The second-order valence-electron chi connectivity index (χ2n) is 5.14. The van der Waals surface area contributed by atoms with Crippen LogP contribution in [0.4, 0.5) is 0 Å². The Morgan fingerprint density at radius 3 is 2.42 bits per heavy atom. The number of hydrogen-bond acceptors (Lipinski definition) is 2. The van der Waals surface area contributed by atoms with Gasteiger partial charge in [0.05, 0.1) is 12.0 Å². The minimum atomic E-state index is 0. The zero-order valence-corrected chi connectivity index (χ0v) is 11.7. The summed E-state index contributed by atoms with van der Waals surface area (Å²) < 4.78 is 2.26. The van der Waals surface area contributed by atoms with E-state index in [1.54, 1.807) is 0 Å². The Morgan fingerprint density at radius 2 is 1.74 bits per heavy atom. The highest BCUT2D eigenvalue weighted by molar-refractivity contribution is 5.85. The van der Waals surface area contributed by atoms with Crippen molar-refractivity contribution in [3.63, 3.8) is 0 Å². The third kappa shape index (κ3) is 3.17. The van der Waals surface area contributed by atoms with E-state index in [1.807, 2.05) is 24.5 Å². The maximum atomic E-state index is 5.95. The van der Waals surface area contributed by atoms with Crippen molar-refractivity contribution in [1.29, 1.82) is 0 Å². The lowest BCUT2D eigenvalue weighted by atomic mass is 9.92. The average molecular weight is 278 g/mol. The normalized spacial score (nSPS) is 22.8. The molecular formula is C15H20ClN3. The van der Waals surface area contributed by atoms with Crippen molar-refractivity contribution in [2.24, 2.45) is 5.73 Å². The number of nitrogens with two attached hydrogens (primary N) is 1. The molecule has 19 heavy (non-hydrogen) atoms. The van der Waals surface area contributed by atoms with Gasteiger partial charge in [-0.05, 0) is 25.7 Å². The summed E-state index contributed by atoms with van der Waals surface area (Å²) in [7, 11) is 0. The van der Waals surface area contributed by atoms with Gasteiger partial charge in [-0.3, -0.25) is 0 Å². The third-order valence-corrected chi connectivity index (χ3v) is 3.83. The Balaban J connectivity index is 0.00000133. The van der Waals surface area contributed by atoms with Crippen LogP contribution in [0.3, 0.4) is 0 Å². The smallest absolute Gasteiger partial charge is 0.0956 e. The van der Waals surface area contributed by atoms with E-state index < -0.39 is 0 Å². The second kappa shape index (κ2) is 6.22. The van der Waals surface area contributed by atoms with Crippen LogP contribution in [0.2, 0.25) is 0 Å². The van der Waals surface area contributed by atoms with Gasteiger partial charge in [0.25, 0.3) is 0 Å². The largest absolute Gasteiger partial charge is 0.334 e. The van der Waals surface area contributed by atoms with Crippen LogP contribution in [0.1, 0.15) is 31.7 Å². The molecule has 1 saturated carbocycles. The maximum absolute atomic E-state index is 5.95. The number of halogens is 1. The van der Waals surface area contributed by atoms with Crippen molar-refractivity contribution in [2.45, 2.75) is 37.8 Å². The Kier molecular flexibility index (Phi) is 4.61. The van der Waals surface area contributed by atoms with Gasteiger partial charge in [-0.2, -0.15) is 0 Å². The predicted molar refractivity (Wildman–Crippen MR) is 80.4 cm³/mol. The first-order valence-corrected chi connectivity index (χ1v) is 6.67. The molecule has 0 spiro atoms. The lowest BCUT2D eigenvalue weighted by Gasteiger charge is -2.26. The highest BCUT2D eigenvalue weighted by Crippen LogP contribution is 2.28. The van der Waals surface area contributed by atoms with Crippen molar-refractivity contribution in [3.05, 3.63) is 42.9 Å². The SMILES string of the molecule is Cl.N[C@H]1CC[C@@H](n2cnc(-c3ccccc3)c2)CC1. The number of hydrogen-bond donors (Lipinski definition) is 1. The average Bonchev–Trinajstić information content (AvgIpc) is 2.90. The molecule has 1 heterocycles. The summed E-state index contributed by atoms with van der Waals surface area (Å²) in [5, 5.41) is 0. The molecule has 4 heteroatoms.